The average molecular weight is 259 g/mol. The monoisotopic (exact) mass is 259 g/mol. The molecule has 4 heteroatoms. The van der Waals surface area contributed by atoms with Crippen LogP contribution in [0.5, 0.6) is 0 Å². The first-order valence-electron chi connectivity index (χ1n) is 7.14. The van der Waals surface area contributed by atoms with Crippen molar-refractivity contribution in [3.05, 3.63) is 35.4 Å². The van der Waals surface area contributed by atoms with Gasteiger partial charge in [0.15, 0.2) is 0 Å². The molecule has 2 N–H and O–H groups in total. The molecule has 2 unspecified atom stereocenters. The largest absolute Gasteiger partial charge is 0.333 e. The van der Waals surface area contributed by atoms with Crippen molar-refractivity contribution < 1.29 is 4.79 Å². The summed E-state index contributed by atoms with van der Waals surface area (Å²) >= 11 is 0. The molecule has 102 valence electrons. The molecule has 3 rings (SSSR count). The van der Waals surface area contributed by atoms with E-state index in [-0.39, 0.29) is 11.9 Å². The molecular weight excluding hydrogens is 238 g/mol. The molecule has 2 atom stereocenters. The van der Waals surface area contributed by atoms with Gasteiger partial charge < -0.3 is 4.90 Å². The van der Waals surface area contributed by atoms with Crippen molar-refractivity contribution in [2.75, 3.05) is 0 Å². The fraction of sp³-hybridized carbons (Fsp3) is 0.533. The third-order valence-electron chi connectivity index (χ3n) is 4.07. The van der Waals surface area contributed by atoms with Crippen molar-refractivity contribution in [3.63, 3.8) is 0 Å². The van der Waals surface area contributed by atoms with Crippen LogP contribution in [-0.2, 0) is 17.9 Å². The van der Waals surface area contributed by atoms with Crippen LogP contribution in [0.3, 0.4) is 0 Å². The summed E-state index contributed by atoms with van der Waals surface area (Å²) in [5.74, 6) is 0.224. The van der Waals surface area contributed by atoms with E-state index in [1.807, 2.05) is 17.0 Å². The molecule has 0 radical (unpaired) electrons. The lowest BCUT2D eigenvalue weighted by Gasteiger charge is -2.19. The summed E-state index contributed by atoms with van der Waals surface area (Å²) in [7, 11) is 0. The Labute approximate surface area is 114 Å². The van der Waals surface area contributed by atoms with Crippen LogP contribution in [-0.4, -0.2) is 22.9 Å². The summed E-state index contributed by atoms with van der Waals surface area (Å²) in [4.78, 5) is 14.4. The van der Waals surface area contributed by atoms with Crippen LogP contribution in [0.2, 0.25) is 0 Å². The molecule has 0 saturated carbocycles. The first-order valence-corrected chi connectivity index (χ1v) is 7.14. The smallest absolute Gasteiger partial charge is 0.241 e. The number of rotatable bonds is 3. The Morgan fingerprint density at radius 2 is 1.95 bits per heavy atom. The molecule has 0 bridgehead atoms. The van der Waals surface area contributed by atoms with Crippen molar-refractivity contribution in [1.82, 2.24) is 15.8 Å². The Balaban J connectivity index is 1.61. The van der Waals surface area contributed by atoms with Crippen LogP contribution in [0.1, 0.15) is 37.3 Å². The fourth-order valence-corrected chi connectivity index (χ4v) is 3.03. The first-order chi connectivity index (χ1) is 9.28. The van der Waals surface area contributed by atoms with E-state index >= 15 is 0 Å². The van der Waals surface area contributed by atoms with Gasteiger partial charge in [0.2, 0.25) is 5.91 Å². The third kappa shape index (κ3) is 2.51. The van der Waals surface area contributed by atoms with E-state index < -0.39 is 0 Å². The molecule has 2 heterocycles. The van der Waals surface area contributed by atoms with Crippen molar-refractivity contribution in [2.45, 2.75) is 51.4 Å². The maximum Gasteiger partial charge on any atom is 0.241 e. The van der Waals surface area contributed by atoms with Gasteiger partial charge in [-0.2, -0.15) is 0 Å². The standard InChI is InChI=1S/C15H21N3O/c1-2-5-13-8-14(17-16-13)15(19)18-9-11-6-3-4-7-12(11)10-18/h3-4,6-7,13-14,16-17H,2,5,8-10H2,1H3. The van der Waals surface area contributed by atoms with E-state index in [1.54, 1.807) is 0 Å². The quantitative estimate of drug-likeness (QED) is 0.866. The second-order valence-electron chi connectivity index (χ2n) is 5.53. The normalized spacial score (nSPS) is 25.6. The maximum atomic E-state index is 12.5. The predicted molar refractivity (Wildman–Crippen MR) is 74.1 cm³/mol. The number of nitrogens with zero attached hydrogens (tertiary/aromatic N) is 1. The van der Waals surface area contributed by atoms with Crippen LogP contribution in [0.25, 0.3) is 0 Å². The summed E-state index contributed by atoms with van der Waals surface area (Å²) in [6, 6.07) is 8.68. The van der Waals surface area contributed by atoms with E-state index in [9.17, 15) is 4.79 Å². The second-order valence-corrected chi connectivity index (χ2v) is 5.53. The molecule has 0 spiro atoms. The number of carbonyl (C=O) groups excluding carboxylic acids is 1. The highest BCUT2D eigenvalue weighted by Crippen LogP contribution is 2.24. The predicted octanol–water partition coefficient (Wildman–Crippen LogP) is 1.56. The van der Waals surface area contributed by atoms with Crippen molar-refractivity contribution in [2.24, 2.45) is 0 Å². The number of hydrogen-bond acceptors (Lipinski definition) is 3. The molecule has 2 aliphatic heterocycles. The summed E-state index contributed by atoms with van der Waals surface area (Å²) in [5.41, 5.74) is 8.96. The van der Waals surface area contributed by atoms with Crippen LogP contribution >= 0.6 is 0 Å². The van der Waals surface area contributed by atoms with Gasteiger partial charge in [0.25, 0.3) is 0 Å². The van der Waals surface area contributed by atoms with E-state index in [0.717, 1.165) is 32.4 Å². The zero-order valence-electron chi connectivity index (χ0n) is 11.4. The zero-order valence-corrected chi connectivity index (χ0v) is 11.4. The van der Waals surface area contributed by atoms with E-state index in [2.05, 4.69) is 29.9 Å². The van der Waals surface area contributed by atoms with Gasteiger partial charge in [-0.1, -0.05) is 37.6 Å². The lowest BCUT2D eigenvalue weighted by Crippen LogP contribution is -2.43. The minimum atomic E-state index is -0.0640. The third-order valence-corrected chi connectivity index (χ3v) is 4.07. The van der Waals surface area contributed by atoms with E-state index in [4.69, 9.17) is 0 Å². The van der Waals surface area contributed by atoms with Crippen LogP contribution in [0.4, 0.5) is 0 Å². The molecule has 1 saturated heterocycles. The van der Waals surface area contributed by atoms with E-state index in [1.165, 1.54) is 11.1 Å². The number of carbonyl (C=O) groups is 1. The van der Waals surface area contributed by atoms with E-state index in [0.29, 0.717) is 6.04 Å². The number of benzene rings is 1. The number of amides is 1. The number of hydrogen-bond donors (Lipinski definition) is 2. The summed E-state index contributed by atoms with van der Waals surface area (Å²) in [6.07, 6.45) is 3.17. The van der Waals surface area contributed by atoms with Gasteiger partial charge in [0, 0.05) is 19.1 Å². The lowest BCUT2D eigenvalue weighted by atomic mass is 10.1. The number of fused-ring (bicyclic) bond motifs is 1. The van der Waals surface area contributed by atoms with Gasteiger partial charge in [0.05, 0.1) is 0 Å². The van der Waals surface area contributed by atoms with Crippen LogP contribution in [0.15, 0.2) is 24.3 Å². The van der Waals surface area contributed by atoms with Crippen LogP contribution < -0.4 is 10.9 Å². The van der Waals surface area contributed by atoms with Crippen molar-refractivity contribution in [3.8, 4) is 0 Å². The molecular formula is C15H21N3O. The molecule has 0 aromatic heterocycles. The highest BCUT2D eigenvalue weighted by atomic mass is 16.2. The van der Waals surface area contributed by atoms with Crippen molar-refractivity contribution >= 4 is 5.91 Å². The molecule has 1 aromatic rings. The average Bonchev–Trinajstić information content (AvgIpc) is 3.04. The summed E-state index contributed by atoms with van der Waals surface area (Å²) in [5, 5.41) is 0. The minimum absolute atomic E-state index is 0.0640. The Morgan fingerprint density at radius 3 is 2.58 bits per heavy atom. The topological polar surface area (TPSA) is 44.4 Å². The Bertz CT molecular complexity index is 449. The molecule has 19 heavy (non-hydrogen) atoms. The fourth-order valence-electron chi connectivity index (χ4n) is 3.03. The Kier molecular flexibility index (Phi) is 3.53. The van der Waals surface area contributed by atoms with Gasteiger partial charge in [-0.25, -0.2) is 5.43 Å². The maximum absolute atomic E-state index is 12.5. The van der Waals surface area contributed by atoms with Gasteiger partial charge in [0.1, 0.15) is 6.04 Å². The number of hydrazine groups is 1. The number of nitrogens with one attached hydrogen (secondary N) is 2. The molecule has 1 fully saturated rings. The summed E-state index contributed by atoms with van der Waals surface area (Å²) in [6.45, 7) is 3.69. The van der Waals surface area contributed by atoms with Gasteiger partial charge in [-0.15, -0.1) is 0 Å². The second kappa shape index (κ2) is 5.31. The zero-order chi connectivity index (χ0) is 13.2. The minimum Gasteiger partial charge on any atom is -0.333 e. The van der Waals surface area contributed by atoms with Gasteiger partial charge >= 0.3 is 0 Å². The Hall–Kier alpha value is -1.39. The van der Waals surface area contributed by atoms with Crippen LogP contribution in [0, 0.1) is 0 Å². The molecule has 0 aliphatic carbocycles. The van der Waals surface area contributed by atoms with Gasteiger partial charge in [-0.05, 0) is 24.0 Å². The Morgan fingerprint density at radius 1 is 1.26 bits per heavy atom. The molecule has 1 amide bonds. The SMILES string of the molecule is CCCC1CC(C(=O)N2Cc3ccccc3C2)NN1. The van der Waals surface area contributed by atoms with Crippen molar-refractivity contribution in [1.29, 1.82) is 0 Å². The summed E-state index contributed by atoms with van der Waals surface area (Å²) < 4.78 is 0. The van der Waals surface area contributed by atoms with Gasteiger partial charge in [-0.3, -0.25) is 10.2 Å². The highest BCUT2D eigenvalue weighted by molar-refractivity contribution is 5.82. The molecule has 4 nitrogen and oxygen atoms in total. The molecule has 2 aliphatic rings. The highest BCUT2D eigenvalue weighted by Gasteiger charge is 2.33. The lowest BCUT2D eigenvalue weighted by molar-refractivity contribution is -0.133. The molecule has 1 aromatic carbocycles. The first kappa shape index (κ1) is 12.6.